The summed E-state index contributed by atoms with van der Waals surface area (Å²) >= 11 is 0. The molecule has 0 aromatic carbocycles. The molecule has 2 rings (SSSR count). The Kier molecular flexibility index (Phi) is 3.46. The summed E-state index contributed by atoms with van der Waals surface area (Å²) in [6.07, 6.45) is 3.51. The monoisotopic (exact) mass is 269 g/mol. The lowest BCUT2D eigenvalue weighted by Gasteiger charge is -2.03. The smallest absolute Gasteiger partial charge is 0.165 e. The fraction of sp³-hybridized carbons (Fsp3) is 0.500. The zero-order chi connectivity index (χ0) is 13.2. The number of aromatic nitrogens is 4. The van der Waals surface area contributed by atoms with Gasteiger partial charge in [-0.25, -0.2) is 23.4 Å². The number of imidazole rings is 1. The van der Waals surface area contributed by atoms with Crippen LogP contribution in [0.3, 0.4) is 0 Å². The van der Waals surface area contributed by atoms with Crippen LogP contribution in [0.5, 0.6) is 0 Å². The topological polar surface area (TPSA) is 104 Å². The molecule has 0 radical (unpaired) electrons. The van der Waals surface area contributed by atoms with Gasteiger partial charge in [0.05, 0.1) is 12.1 Å². The highest BCUT2D eigenvalue weighted by molar-refractivity contribution is 7.91. The SMILES string of the molecule is CCS(=O)(=O)CCCn1cnc2c(N)ncnc21. The number of rotatable bonds is 5. The second-order valence-corrected chi connectivity index (χ2v) is 6.43. The number of aryl methyl sites for hydroxylation is 1. The number of hydrogen-bond donors (Lipinski definition) is 1. The second-order valence-electron chi connectivity index (χ2n) is 3.96. The Morgan fingerprint density at radius 1 is 1.33 bits per heavy atom. The van der Waals surface area contributed by atoms with Gasteiger partial charge < -0.3 is 10.3 Å². The molecule has 0 atom stereocenters. The Balaban J connectivity index is 2.11. The van der Waals surface area contributed by atoms with Crippen LogP contribution in [0.2, 0.25) is 0 Å². The van der Waals surface area contributed by atoms with E-state index in [-0.39, 0.29) is 11.5 Å². The number of anilines is 1. The van der Waals surface area contributed by atoms with Gasteiger partial charge in [0.25, 0.3) is 0 Å². The Labute approximate surface area is 105 Å². The van der Waals surface area contributed by atoms with Crippen molar-refractivity contribution >= 4 is 26.8 Å². The maximum absolute atomic E-state index is 11.4. The van der Waals surface area contributed by atoms with Crippen molar-refractivity contribution in [2.75, 3.05) is 17.2 Å². The highest BCUT2D eigenvalue weighted by Gasteiger charge is 2.10. The molecule has 0 aliphatic rings. The summed E-state index contributed by atoms with van der Waals surface area (Å²) in [4.78, 5) is 12.1. The molecule has 2 N–H and O–H groups in total. The van der Waals surface area contributed by atoms with Gasteiger partial charge in [0, 0.05) is 12.3 Å². The lowest BCUT2D eigenvalue weighted by atomic mass is 10.4. The molecular weight excluding hydrogens is 254 g/mol. The van der Waals surface area contributed by atoms with Gasteiger partial charge in [0.2, 0.25) is 0 Å². The van der Waals surface area contributed by atoms with Gasteiger partial charge in [-0.15, -0.1) is 0 Å². The molecule has 18 heavy (non-hydrogen) atoms. The predicted octanol–water partition coefficient (Wildman–Crippen LogP) is 0.233. The highest BCUT2D eigenvalue weighted by Crippen LogP contribution is 2.14. The van der Waals surface area contributed by atoms with E-state index < -0.39 is 9.84 Å². The van der Waals surface area contributed by atoms with E-state index in [1.807, 2.05) is 0 Å². The Morgan fingerprint density at radius 2 is 2.11 bits per heavy atom. The number of nitrogen functional groups attached to an aromatic ring is 1. The van der Waals surface area contributed by atoms with Crippen molar-refractivity contribution in [1.29, 1.82) is 0 Å². The van der Waals surface area contributed by atoms with E-state index in [0.29, 0.717) is 29.9 Å². The molecular formula is C10H15N5O2S. The van der Waals surface area contributed by atoms with Crippen molar-refractivity contribution in [3.05, 3.63) is 12.7 Å². The van der Waals surface area contributed by atoms with Crippen molar-refractivity contribution in [2.45, 2.75) is 19.9 Å². The third-order valence-electron chi connectivity index (χ3n) is 2.72. The molecule has 0 unspecified atom stereocenters. The minimum Gasteiger partial charge on any atom is -0.382 e. The van der Waals surface area contributed by atoms with Crippen LogP contribution < -0.4 is 5.73 Å². The van der Waals surface area contributed by atoms with Crippen molar-refractivity contribution in [3.8, 4) is 0 Å². The molecule has 0 saturated heterocycles. The van der Waals surface area contributed by atoms with E-state index in [2.05, 4.69) is 15.0 Å². The Morgan fingerprint density at radius 3 is 2.83 bits per heavy atom. The summed E-state index contributed by atoms with van der Waals surface area (Å²) in [5, 5.41) is 0. The lowest BCUT2D eigenvalue weighted by molar-refractivity contribution is 0.588. The first-order valence-corrected chi connectivity index (χ1v) is 7.47. The zero-order valence-corrected chi connectivity index (χ0v) is 10.9. The standard InChI is InChI=1S/C10H15N5O2S/c1-2-18(16,17)5-3-4-15-7-14-8-9(11)12-6-13-10(8)15/h6-7H,2-5H2,1H3,(H2,11,12,13). The van der Waals surface area contributed by atoms with Crippen LogP contribution in [-0.4, -0.2) is 39.4 Å². The van der Waals surface area contributed by atoms with Gasteiger partial charge in [-0.3, -0.25) is 0 Å². The molecule has 2 heterocycles. The third-order valence-corrected chi connectivity index (χ3v) is 4.51. The molecule has 7 nitrogen and oxygen atoms in total. The van der Waals surface area contributed by atoms with Gasteiger partial charge in [-0.2, -0.15) is 0 Å². The van der Waals surface area contributed by atoms with Crippen LogP contribution in [0, 0.1) is 0 Å². The predicted molar refractivity (Wildman–Crippen MR) is 68.7 cm³/mol. The summed E-state index contributed by atoms with van der Waals surface area (Å²) in [6.45, 7) is 2.20. The maximum Gasteiger partial charge on any atom is 0.165 e. The average Bonchev–Trinajstić information content (AvgIpc) is 2.74. The van der Waals surface area contributed by atoms with Crippen LogP contribution in [-0.2, 0) is 16.4 Å². The van der Waals surface area contributed by atoms with Gasteiger partial charge in [-0.05, 0) is 6.42 Å². The minimum absolute atomic E-state index is 0.170. The van der Waals surface area contributed by atoms with Crippen molar-refractivity contribution in [1.82, 2.24) is 19.5 Å². The molecule has 98 valence electrons. The maximum atomic E-state index is 11.4. The van der Waals surface area contributed by atoms with E-state index in [9.17, 15) is 8.42 Å². The Hall–Kier alpha value is -1.70. The molecule has 2 aromatic rings. The first-order valence-electron chi connectivity index (χ1n) is 5.65. The van der Waals surface area contributed by atoms with Crippen molar-refractivity contribution in [3.63, 3.8) is 0 Å². The van der Waals surface area contributed by atoms with Crippen LogP contribution in [0.15, 0.2) is 12.7 Å². The molecule has 0 spiro atoms. The first-order chi connectivity index (χ1) is 8.53. The fourth-order valence-corrected chi connectivity index (χ4v) is 2.52. The van der Waals surface area contributed by atoms with Gasteiger partial charge >= 0.3 is 0 Å². The van der Waals surface area contributed by atoms with E-state index in [1.165, 1.54) is 6.33 Å². The number of nitrogens with zero attached hydrogens (tertiary/aromatic N) is 4. The van der Waals surface area contributed by atoms with E-state index in [1.54, 1.807) is 17.8 Å². The molecule has 8 heteroatoms. The molecule has 0 aliphatic heterocycles. The molecule has 0 bridgehead atoms. The molecule has 0 aliphatic carbocycles. The third kappa shape index (κ3) is 2.58. The van der Waals surface area contributed by atoms with Crippen molar-refractivity contribution < 1.29 is 8.42 Å². The van der Waals surface area contributed by atoms with Crippen LogP contribution in [0.25, 0.3) is 11.2 Å². The highest BCUT2D eigenvalue weighted by atomic mass is 32.2. The van der Waals surface area contributed by atoms with Crippen LogP contribution >= 0.6 is 0 Å². The zero-order valence-electron chi connectivity index (χ0n) is 10.1. The van der Waals surface area contributed by atoms with E-state index in [0.717, 1.165) is 0 Å². The molecule has 0 saturated carbocycles. The molecule has 0 fully saturated rings. The first kappa shape index (κ1) is 12.7. The van der Waals surface area contributed by atoms with Gasteiger partial charge in [-0.1, -0.05) is 6.92 Å². The minimum atomic E-state index is -2.93. The number of hydrogen-bond acceptors (Lipinski definition) is 6. The van der Waals surface area contributed by atoms with Gasteiger partial charge in [0.15, 0.2) is 11.5 Å². The normalized spacial score (nSPS) is 12.1. The van der Waals surface area contributed by atoms with E-state index >= 15 is 0 Å². The van der Waals surface area contributed by atoms with Gasteiger partial charge in [0.1, 0.15) is 21.7 Å². The molecule has 2 aromatic heterocycles. The van der Waals surface area contributed by atoms with Crippen LogP contribution in [0.4, 0.5) is 5.82 Å². The Bertz CT molecular complexity index is 649. The lowest BCUT2D eigenvalue weighted by Crippen LogP contribution is -2.11. The summed E-state index contributed by atoms with van der Waals surface area (Å²) in [7, 11) is -2.93. The quantitative estimate of drug-likeness (QED) is 0.833. The fourth-order valence-electron chi connectivity index (χ4n) is 1.66. The largest absolute Gasteiger partial charge is 0.382 e. The molecule has 0 amide bonds. The summed E-state index contributed by atoms with van der Waals surface area (Å²) in [5.41, 5.74) is 6.85. The van der Waals surface area contributed by atoms with Crippen molar-refractivity contribution in [2.24, 2.45) is 0 Å². The summed E-state index contributed by atoms with van der Waals surface area (Å²) < 4.78 is 24.5. The number of fused-ring (bicyclic) bond motifs is 1. The summed E-state index contributed by atoms with van der Waals surface area (Å²) in [6, 6.07) is 0. The number of nitrogens with two attached hydrogens (primary N) is 1. The second kappa shape index (κ2) is 4.89. The van der Waals surface area contributed by atoms with Crippen LogP contribution in [0.1, 0.15) is 13.3 Å². The van der Waals surface area contributed by atoms with E-state index in [4.69, 9.17) is 5.73 Å². The number of sulfone groups is 1. The summed E-state index contributed by atoms with van der Waals surface area (Å²) in [5.74, 6) is 0.677. The average molecular weight is 269 g/mol.